The summed E-state index contributed by atoms with van der Waals surface area (Å²) in [6.45, 7) is 5.61. The molecule has 3 fully saturated rings. The van der Waals surface area contributed by atoms with E-state index in [1.165, 1.54) is 23.9 Å². The molecule has 0 aliphatic carbocycles. The summed E-state index contributed by atoms with van der Waals surface area (Å²) in [5, 5.41) is 18.5. The van der Waals surface area contributed by atoms with Crippen molar-refractivity contribution in [1.29, 1.82) is 0 Å². The van der Waals surface area contributed by atoms with E-state index in [1.54, 1.807) is 12.1 Å². The minimum absolute atomic E-state index is 0.0150. The molecule has 67 heavy (non-hydrogen) atoms. The molecule has 0 bridgehead atoms. The number of anilines is 2. The normalized spacial score (nSPS) is 18.0. The van der Waals surface area contributed by atoms with Gasteiger partial charge in [0.25, 0.3) is 25.8 Å². The number of likely N-dealkylation sites (tertiary alicyclic amines) is 1. The highest BCUT2D eigenvalue weighted by Crippen LogP contribution is 2.40. The van der Waals surface area contributed by atoms with Crippen molar-refractivity contribution in [3.8, 4) is 11.1 Å². The molecule has 5 aromatic carbocycles. The van der Waals surface area contributed by atoms with E-state index in [9.17, 15) is 39.9 Å². The van der Waals surface area contributed by atoms with Crippen molar-refractivity contribution in [3.63, 3.8) is 0 Å². The van der Waals surface area contributed by atoms with Crippen molar-refractivity contribution in [2.24, 2.45) is 11.3 Å². The number of amides is 1. The number of thioether (sulfide) groups is 1. The molecule has 8 rings (SSSR count). The zero-order chi connectivity index (χ0) is 47.4. The van der Waals surface area contributed by atoms with E-state index in [0.717, 1.165) is 78.4 Å². The molecule has 3 heterocycles. The highest BCUT2D eigenvalue weighted by atomic mass is 35.5. The first kappa shape index (κ1) is 48.8. The maximum absolute atomic E-state index is 14.3. The van der Waals surface area contributed by atoms with Gasteiger partial charge in [0, 0.05) is 65.7 Å². The number of halogens is 4. The van der Waals surface area contributed by atoms with Gasteiger partial charge in [-0.25, -0.2) is 21.6 Å². The Morgan fingerprint density at radius 3 is 2.15 bits per heavy atom. The zero-order valence-corrected chi connectivity index (χ0v) is 39.8. The Morgan fingerprint density at radius 1 is 0.851 bits per heavy atom. The minimum atomic E-state index is -6.07. The Balaban J connectivity index is 0.932. The summed E-state index contributed by atoms with van der Waals surface area (Å²) in [5.41, 5.74) is -2.36. The van der Waals surface area contributed by atoms with Gasteiger partial charge >= 0.3 is 5.51 Å². The van der Waals surface area contributed by atoms with Crippen molar-refractivity contribution in [2.75, 3.05) is 61.8 Å². The van der Waals surface area contributed by atoms with Crippen molar-refractivity contribution in [3.05, 3.63) is 137 Å². The lowest BCUT2D eigenvalue weighted by atomic mass is 9.73. The number of benzene rings is 5. The molecule has 0 saturated carbocycles. The van der Waals surface area contributed by atoms with E-state index >= 15 is 0 Å². The van der Waals surface area contributed by atoms with Crippen molar-refractivity contribution < 1.29 is 39.9 Å². The lowest BCUT2D eigenvalue weighted by Gasteiger charge is -2.48. The van der Waals surface area contributed by atoms with Gasteiger partial charge < -0.3 is 25.5 Å². The van der Waals surface area contributed by atoms with Crippen LogP contribution in [0.4, 0.5) is 24.5 Å². The summed E-state index contributed by atoms with van der Waals surface area (Å²) in [5.74, 6) is -0.682. The van der Waals surface area contributed by atoms with Crippen LogP contribution in [0.25, 0.3) is 11.1 Å². The van der Waals surface area contributed by atoms with Crippen LogP contribution in [-0.2, 0) is 19.9 Å². The highest BCUT2D eigenvalue weighted by molar-refractivity contribution is 7.99. The van der Waals surface area contributed by atoms with Crippen LogP contribution in [0.1, 0.15) is 54.1 Å². The Labute approximate surface area is 399 Å². The first-order valence-corrected chi connectivity index (χ1v) is 26.6. The molecule has 2 atom stereocenters. The molecule has 11 nitrogen and oxygen atoms in total. The molecular formula is C49H53ClF3N5O6S3. The van der Waals surface area contributed by atoms with E-state index in [1.807, 2.05) is 83.6 Å². The van der Waals surface area contributed by atoms with Gasteiger partial charge in [0.2, 0.25) is 0 Å². The Bertz CT molecular complexity index is 2730. The average Bonchev–Trinajstić information content (AvgIpc) is 3.32. The van der Waals surface area contributed by atoms with Crippen LogP contribution in [-0.4, -0.2) is 95.9 Å². The lowest BCUT2D eigenvalue weighted by Crippen LogP contribution is -2.58. The fourth-order valence-corrected chi connectivity index (χ4v) is 12.3. The number of carbonyl (C=O) groups excluding carboxylic acids is 1. The van der Waals surface area contributed by atoms with Crippen LogP contribution in [0.15, 0.2) is 136 Å². The van der Waals surface area contributed by atoms with Gasteiger partial charge in [-0.15, -0.1) is 11.8 Å². The number of aliphatic hydroxyl groups is 1. The molecule has 3 aliphatic rings. The summed E-state index contributed by atoms with van der Waals surface area (Å²) >= 11 is 7.57. The first-order valence-electron chi connectivity index (χ1n) is 22.3. The van der Waals surface area contributed by atoms with E-state index in [2.05, 4.69) is 20.4 Å². The predicted molar refractivity (Wildman–Crippen MR) is 258 cm³/mol. The molecule has 3 saturated heterocycles. The summed E-state index contributed by atoms with van der Waals surface area (Å²) in [7, 11) is -10.9. The largest absolute Gasteiger partial charge is 0.501 e. The van der Waals surface area contributed by atoms with Gasteiger partial charge in [-0.2, -0.15) is 13.2 Å². The van der Waals surface area contributed by atoms with Gasteiger partial charge in [-0.3, -0.25) is 4.79 Å². The number of sulfonamides is 1. The fourth-order valence-electron chi connectivity index (χ4n) is 9.13. The number of rotatable bonds is 16. The third-order valence-electron chi connectivity index (χ3n) is 13.3. The molecular weight excluding hydrogens is 943 g/mol. The molecule has 356 valence electrons. The molecule has 3 aliphatic heterocycles. The Morgan fingerprint density at radius 2 is 1.51 bits per heavy atom. The van der Waals surface area contributed by atoms with Gasteiger partial charge in [-0.05, 0) is 140 Å². The number of alkyl halides is 3. The van der Waals surface area contributed by atoms with Gasteiger partial charge in [-0.1, -0.05) is 66.2 Å². The Hall–Kier alpha value is -4.62. The number of piperidine rings is 2. The second-order valence-electron chi connectivity index (χ2n) is 17.7. The van der Waals surface area contributed by atoms with Crippen molar-refractivity contribution in [2.45, 2.75) is 64.4 Å². The summed E-state index contributed by atoms with van der Waals surface area (Å²) in [6.07, 6.45) is 3.22. The maximum Gasteiger partial charge on any atom is 0.501 e. The number of sulfone groups is 1. The number of hydrogen-bond donors (Lipinski definition) is 4. The molecule has 18 heteroatoms. The first-order chi connectivity index (χ1) is 32.0. The van der Waals surface area contributed by atoms with Crippen LogP contribution in [0.2, 0.25) is 5.02 Å². The zero-order valence-electron chi connectivity index (χ0n) is 36.6. The third kappa shape index (κ3) is 11.5. The summed E-state index contributed by atoms with van der Waals surface area (Å²) < 4.78 is 98.2. The standard InChI is InChI=1S/C49H53ClF3N5O6S3/c50-37-14-10-34(11-15-37)42-8-4-5-9-43(42)46(59)35-20-26-58(27-21-35)39-16-12-36(13-17-39)47(60)56-67(63,64)41-18-19-44(45(30-41)66(61,62)49(51,52)53)55-38(31-65-40-6-2-1-3-7-40)22-25-57-28-23-48(24-29-57)32-54-33-48/h1-19,30,35,38,46,54-55,59H,20-29,31-33H2,(H,56,60). The highest BCUT2D eigenvalue weighted by Gasteiger charge is 2.48. The fraction of sp³-hybridized carbons (Fsp3) is 0.367. The van der Waals surface area contributed by atoms with Gasteiger partial charge in [0.15, 0.2) is 0 Å². The second kappa shape index (κ2) is 20.5. The second-order valence-corrected chi connectivity index (χ2v) is 22.8. The quantitative estimate of drug-likeness (QED) is 0.0703. The topological polar surface area (TPSA) is 148 Å². The number of nitrogens with one attached hydrogen (secondary N) is 3. The number of nitrogens with zero attached hydrogens (tertiary/aromatic N) is 2. The van der Waals surface area contributed by atoms with E-state index in [-0.39, 0.29) is 11.5 Å². The third-order valence-corrected chi connectivity index (χ3v) is 17.5. The van der Waals surface area contributed by atoms with Crippen molar-refractivity contribution in [1.82, 2.24) is 14.9 Å². The average molecular weight is 997 g/mol. The predicted octanol–water partition coefficient (Wildman–Crippen LogP) is 9.02. The SMILES string of the molecule is O=C(NS(=O)(=O)c1ccc(NC(CCN2CCC3(CC2)CNC3)CSc2ccccc2)c(S(=O)(=O)C(F)(F)F)c1)c1ccc(N2CCC(C(O)c3ccccc3-c3ccc(Cl)cc3)CC2)cc1. The number of aliphatic hydroxyl groups excluding tert-OH is 1. The molecule has 0 aromatic heterocycles. The summed E-state index contributed by atoms with van der Waals surface area (Å²) in [4.78, 5) is 16.6. The van der Waals surface area contributed by atoms with Crippen LogP contribution in [0, 0.1) is 11.3 Å². The molecule has 1 amide bonds. The number of hydrogen-bond acceptors (Lipinski definition) is 11. The van der Waals surface area contributed by atoms with E-state index in [0.29, 0.717) is 61.2 Å². The van der Waals surface area contributed by atoms with Gasteiger partial charge in [0.1, 0.15) is 4.90 Å². The Kier molecular flexibility index (Phi) is 15.0. The molecule has 5 aromatic rings. The molecule has 0 radical (unpaired) electrons. The lowest BCUT2D eigenvalue weighted by molar-refractivity contribution is -0.0435. The molecule has 4 N–H and O–H groups in total. The molecule has 2 unspecified atom stereocenters. The smallest absolute Gasteiger partial charge is 0.388 e. The molecule has 1 spiro atoms. The summed E-state index contributed by atoms with van der Waals surface area (Å²) in [6, 6.07) is 32.8. The van der Waals surface area contributed by atoms with Crippen molar-refractivity contribution >= 4 is 60.5 Å². The maximum atomic E-state index is 14.3. The van der Waals surface area contributed by atoms with E-state index in [4.69, 9.17) is 11.6 Å². The van der Waals surface area contributed by atoms with Crippen LogP contribution >= 0.6 is 23.4 Å². The van der Waals surface area contributed by atoms with Gasteiger partial charge in [0.05, 0.1) is 16.7 Å². The van der Waals surface area contributed by atoms with Crippen LogP contribution in [0.5, 0.6) is 0 Å². The van der Waals surface area contributed by atoms with E-state index < -0.39 is 58.9 Å². The monoisotopic (exact) mass is 995 g/mol. The number of carbonyl (C=O) groups is 1. The van der Waals surface area contributed by atoms with Crippen LogP contribution < -0.4 is 20.3 Å². The minimum Gasteiger partial charge on any atom is -0.388 e. The van der Waals surface area contributed by atoms with Crippen LogP contribution in [0.3, 0.4) is 0 Å².